The highest BCUT2D eigenvalue weighted by molar-refractivity contribution is 5.41. The van der Waals surface area contributed by atoms with Gasteiger partial charge in [0, 0.05) is 19.2 Å². The van der Waals surface area contributed by atoms with Crippen molar-refractivity contribution in [3.63, 3.8) is 0 Å². The summed E-state index contributed by atoms with van der Waals surface area (Å²) in [6, 6.07) is 5.68. The summed E-state index contributed by atoms with van der Waals surface area (Å²) in [6.07, 6.45) is 3.96. The summed E-state index contributed by atoms with van der Waals surface area (Å²) in [5.74, 6) is 1.46. The van der Waals surface area contributed by atoms with Crippen molar-refractivity contribution in [1.82, 2.24) is 4.90 Å². The molecule has 0 amide bonds. The van der Waals surface area contributed by atoms with Crippen molar-refractivity contribution in [2.24, 2.45) is 0 Å². The number of likely N-dealkylation sites (tertiary alicyclic amines) is 1. The molecule has 118 valence electrons. The molecule has 21 heavy (non-hydrogen) atoms. The Morgan fingerprint density at radius 2 is 1.67 bits per heavy atom. The number of rotatable bonds is 6. The normalized spacial score (nSPS) is 18.5. The van der Waals surface area contributed by atoms with Gasteiger partial charge < -0.3 is 19.5 Å². The molecule has 1 aromatic carbocycles. The van der Waals surface area contributed by atoms with Gasteiger partial charge >= 0.3 is 0 Å². The van der Waals surface area contributed by atoms with Crippen LogP contribution in [-0.4, -0.2) is 43.9 Å². The average molecular weight is 293 g/mol. The molecule has 1 aliphatic rings. The lowest BCUT2D eigenvalue weighted by Crippen LogP contribution is -2.42. The second-order valence-corrected chi connectivity index (χ2v) is 5.83. The van der Waals surface area contributed by atoms with Gasteiger partial charge in [-0.3, -0.25) is 0 Å². The number of unbranched alkanes of at least 4 members (excludes halogenated alkanes) is 1. The van der Waals surface area contributed by atoms with Crippen LogP contribution >= 0.6 is 0 Å². The van der Waals surface area contributed by atoms with Crippen LogP contribution < -0.4 is 9.47 Å². The molecule has 1 saturated heterocycles. The van der Waals surface area contributed by atoms with Crippen molar-refractivity contribution >= 4 is 0 Å². The zero-order chi connectivity index (χ0) is 15.3. The topological polar surface area (TPSA) is 41.9 Å². The maximum atomic E-state index is 11.0. The first kappa shape index (κ1) is 16.1. The molecule has 4 nitrogen and oxygen atoms in total. The number of piperidine rings is 1. The van der Waals surface area contributed by atoms with E-state index in [1.54, 1.807) is 14.2 Å². The van der Waals surface area contributed by atoms with Crippen LogP contribution in [0.2, 0.25) is 0 Å². The Balaban J connectivity index is 2.10. The molecule has 0 saturated carbocycles. The lowest BCUT2D eigenvalue weighted by Gasteiger charge is -2.38. The van der Waals surface area contributed by atoms with Crippen LogP contribution in [0, 0.1) is 0 Å². The third-order valence-corrected chi connectivity index (χ3v) is 4.40. The molecule has 1 heterocycles. The number of ether oxygens (including phenoxy) is 2. The fourth-order valence-corrected chi connectivity index (χ4v) is 2.89. The van der Waals surface area contributed by atoms with Gasteiger partial charge in [-0.1, -0.05) is 13.3 Å². The van der Waals surface area contributed by atoms with Gasteiger partial charge in [-0.15, -0.1) is 0 Å². The van der Waals surface area contributed by atoms with Gasteiger partial charge in [-0.25, -0.2) is 0 Å². The summed E-state index contributed by atoms with van der Waals surface area (Å²) < 4.78 is 10.6. The third-order valence-electron chi connectivity index (χ3n) is 4.40. The summed E-state index contributed by atoms with van der Waals surface area (Å²) in [5.41, 5.74) is 0.124. The van der Waals surface area contributed by atoms with Crippen LogP contribution in [0.15, 0.2) is 18.2 Å². The molecular weight excluding hydrogens is 266 g/mol. The quantitative estimate of drug-likeness (QED) is 0.876. The van der Waals surface area contributed by atoms with E-state index in [4.69, 9.17) is 9.47 Å². The molecule has 0 aromatic heterocycles. The SMILES string of the molecule is CCCCN1CCC(O)(c2cc(OC)cc(OC)c2)CC1. The standard InChI is InChI=1S/C17H27NO3/c1-4-5-8-18-9-6-17(19,7-10-18)14-11-15(20-2)13-16(12-14)21-3/h11-13,19H,4-10H2,1-3H3. The highest BCUT2D eigenvalue weighted by Gasteiger charge is 2.34. The van der Waals surface area contributed by atoms with Gasteiger partial charge in [0.1, 0.15) is 11.5 Å². The van der Waals surface area contributed by atoms with E-state index in [0.29, 0.717) is 0 Å². The number of benzene rings is 1. The van der Waals surface area contributed by atoms with Crippen molar-refractivity contribution in [2.75, 3.05) is 33.9 Å². The fourth-order valence-electron chi connectivity index (χ4n) is 2.89. The maximum Gasteiger partial charge on any atom is 0.122 e. The van der Waals surface area contributed by atoms with Gasteiger partial charge in [0.05, 0.1) is 19.8 Å². The minimum atomic E-state index is -0.773. The highest BCUT2D eigenvalue weighted by atomic mass is 16.5. The van der Waals surface area contributed by atoms with Gasteiger partial charge in [0.2, 0.25) is 0 Å². The lowest BCUT2D eigenvalue weighted by molar-refractivity contribution is -0.0262. The zero-order valence-electron chi connectivity index (χ0n) is 13.4. The monoisotopic (exact) mass is 293 g/mol. The van der Waals surface area contributed by atoms with Gasteiger partial charge in [-0.2, -0.15) is 0 Å². The molecule has 0 unspecified atom stereocenters. The molecule has 0 aliphatic carbocycles. The predicted octanol–water partition coefficient (Wildman–Crippen LogP) is 2.79. The lowest BCUT2D eigenvalue weighted by atomic mass is 9.84. The van der Waals surface area contributed by atoms with Crippen molar-refractivity contribution in [2.45, 2.75) is 38.2 Å². The smallest absolute Gasteiger partial charge is 0.122 e. The summed E-state index contributed by atoms with van der Waals surface area (Å²) >= 11 is 0. The molecule has 0 bridgehead atoms. The predicted molar refractivity (Wildman–Crippen MR) is 84.0 cm³/mol. The molecular formula is C17H27NO3. The van der Waals surface area contributed by atoms with Crippen molar-refractivity contribution in [3.05, 3.63) is 23.8 Å². The first-order valence-corrected chi connectivity index (χ1v) is 7.79. The van der Waals surface area contributed by atoms with E-state index in [2.05, 4.69) is 11.8 Å². The third kappa shape index (κ3) is 3.89. The minimum absolute atomic E-state index is 0.728. The second kappa shape index (κ2) is 7.14. The van der Waals surface area contributed by atoms with Crippen molar-refractivity contribution in [3.8, 4) is 11.5 Å². The van der Waals surface area contributed by atoms with E-state index in [0.717, 1.165) is 49.5 Å². The van der Waals surface area contributed by atoms with Gasteiger partial charge in [0.15, 0.2) is 0 Å². The van der Waals surface area contributed by atoms with Crippen LogP contribution in [0.25, 0.3) is 0 Å². The molecule has 0 radical (unpaired) electrons. The fraction of sp³-hybridized carbons (Fsp3) is 0.647. The first-order chi connectivity index (χ1) is 10.1. The number of hydrogen-bond donors (Lipinski definition) is 1. The average Bonchev–Trinajstić information content (AvgIpc) is 2.53. The zero-order valence-corrected chi connectivity index (χ0v) is 13.4. The molecule has 1 N–H and O–H groups in total. The Bertz CT molecular complexity index is 431. The Labute approximate surface area is 127 Å². The number of nitrogens with zero attached hydrogens (tertiary/aromatic N) is 1. The second-order valence-electron chi connectivity index (χ2n) is 5.83. The first-order valence-electron chi connectivity index (χ1n) is 7.79. The van der Waals surface area contributed by atoms with E-state index < -0.39 is 5.60 Å². The maximum absolute atomic E-state index is 11.0. The Morgan fingerprint density at radius 1 is 1.10 bits per heavy atom. The largest absolute Gasteiger partial charge is 0.497 e. The molecule has 0 atom stereocenters. The van der Waals surface area contributed by atoms with Crippen LogP contribution in [-0.2, 0) is 5.60 Å². The van der Waals surface area contributed by atoms with E-state index in [1.165, 1.54) is 12.8 Å². The van der Waals surface area contributed by atoms with Crippen molar-refractivity contribution in [1.29, 1.82) is 0 Å². The number of aliphatic hydroxyl groups is 1. The Morgan fingerprint density at radius 3 is 2.14 bits per heavy atom. The summed E-state index contributed by atoms with van der Waals surface area (Å²) in [6.45, 7) is 5.23. The molecule has 2 rings (SSSR count). The molecule has 4 heteroatoms. The van der Waals surface area contributed by atoms with Gasteiger partial charge in [0.25, 0.3) is 0 Å². The van der Waals surface area contributed by atoms with Crippen molar-refractivity contribution < 1.29 is 14.6 Å². The van der Waals surface area contributed by atoms with Crippen LogP contribution in [0.5, 0.6) is 11.5 Å². The summed E-state index contributed by atoms with van der Waals surface area (Å²) in [7, 11) is 3.27. The van der Waals surface area contributed by atoms with E-state index in [-0.39, 0.29) is 0 Å². The van der Waals surface area contributed by atoms with E-state index in [1.807, 2.05) is 18.2 Å². The molecule has 1 aromatic rings. The summed E-state index contributed by atoms with van der Waals surface area (Å²) in [4.78, 5) is 2.44. The minimum Gasteiger partial charge on any atom is -0.497 e. The highest BCUT2D eigenvalue weighted by Crippen LogP contribution is 2.36. The van der Waals surface area contributed by atoms with E-state index >= 15 is 0 Å². The van der Waals surface area contributed by atoms with E-state index in [9.17, 15) is 5.11 Å². The number of methoxy groups -OCH3 is 2. The Hall–Kier alpha value is -1.26. The van der Waals surface area contributed by atoms with Gasteiger partial charge in [-0.05, 0) is 43.5 Å². The van der Waals surface area contributed by atoms with Crippen LogP contribution in [0.4, 0.5) is 0 Å². The Kier molecular flexibility index (Phi) is 5.48. The van der Waals surface area contributed by atoms with Crippen LogP contribution in [0.1, 0.15) is 38.2 Å². The molecule has 1 aliphatic heterocycles. The molecule has 0 spiro atoms. The van der Waals surface area contributed by atoms with Crippen LogP contribution in [0.3, 0.4) is 0 Å². The summed E-state index contributed by atoms with van der Waals surface area (Å²) in [5, 5.41) is 11.0. The molecule has 1 fully saturated rings. The number of hydrogen-bond acceptors (Lipinski definition) is 4.